The van der Waals surface area contributed by atoms with E-state index in [1.165, 1.54) is 6.20 Å². The van der Waals surface area contributed by atoms with Gasteiger partial charge in [0, 0.05) is 18.8 Å². The molecule has 0 bridgehead atoms. The van der Waals surface area contributed by atoms with Gasteiger partial charge in [-0.3, -0.25) is 9.55 Å². The summed E-state index contributed by atoms with van der Waals surface area (Å²) < 4.78 is 8.28. The quantitative estimate of drug-likeness (QED) is 0.497. The molecule has 0 atom stereocenters. The van der Waals surface area contributed by atoms with Crippen molar-refractivity contribution in [2.75, 3.05) is 5.32 Å². The van der Waals surface area contributed by atoms with Crippen LogP contribution in [0.15, 0.2) is 46.2 Å². The van der Waals surface area contributed by atoms with E-state index in [-0.39, 0.29) is 29.8 Å². The highest BCUT2D eigenvalue weighted by molar-refractivity contribution is 5.84. The van der Waals surface area contributed by atoms with Gasteiger partial charge in [0.05, 0.1) is 12.4 Å². The zero-order chi connectivity index (χ0) is 24.9. The molecular formula is C24H28N6O5. The predicted octanol–water partition coefficient (Wildman–Crippen LogP) is 3.28. The van der Waals surface area contributed by atoms with Crippen molar-refractivity contribution >= 4 is 17.6 Å². The molecule has 0 spiro atoms. The van der Waals surface area contributed by atoms with E-state index in [9.17, 15) is 14.4 Å². The van der Waals surface area contributed by atoms with Crippen molar-refractivity contribution in [2.24, 2.45) is 11.8 Å². The van der Waals surface area contributed by atoms with Crippen molar-refractivity contribution in [2.45, 2.75) is 52.6 Å². The van der Waals surface area contributed by atoms with Gasteiger partial charge in [0.2, 0.25) is 11.8 Å². The first-order chi connectivity index (χ1) is 16.8. The summed E-state index contributed by atoms with van der Waals surface area (Å²) in [6.07, 6.45) is 6.78. The van der Waals surface area contributed by atoms with E-state index in [1.807, 2.05) is 0 Å². The Morgan fingerprint density at radius 2 is 1.80 bits per heavy atom. The van der Waals surface area contributed by atoms with E-state index in [2.05, 4.69) is 27.2 Å². The molecule has 11 heteroatoms. The zero-order valence-corrected chi connectivity index (χ0v) is 19.7. The Hall–Kier alpha value is -4.02. The Balaban J connectivity index is 1.55. The van der Waals surface area contributed by atoms with E-state index >= 15 is 0 Å². The fourth-order valence-corrected chi connectivity index (χ4v) is 4.19. The highest BCUT2D eigenvalue weighted by Crippen LogP contribution is 2.30. The molecule has 1 saturated carbocycles. The third-order valence-electron chi connectivity index (χ3n) is 6.21. The number of carboxylic acids is 1. The Kier molecular flexibility index (Phi) is 7.23. The third-order valence-corrected chi connectivity index (χ3v) is 6.21. The van der Waals surface area contributed by atoms with Crippen LogP contribution in [0.3, 0.4) is 0 Å². The first kappa shape index (κ1) is 24.1. The number of aromatic nitrogens is 5. The second-order valence-electron chi connectivity index (χ2n) is 8.78. The summed E-state index contributed by atoms with van der Waals surface area (Å²) in [4.78, 5) is 48.4. The van der Waals surface area contributed by atoms with Crippen LogP contribution in [-0.2, 0) is 13.1 Å². The number of nitrogens with one attached hydrogen (secondary N) is 1. The van der Waals surface area contributed by atoms with Gasteiger partial charge in [-0.15, -0.1) is 0 Å². The minimum atomic E-state index is -1.20. The van der Waals surface area contributed by atoms with Crippen LogP contribution in [0, 0.1) is 11.8 Å². The van der Waals surface area contributed by atoms with Gasteiger partial charge in [0.25, 0.3) is 0 Å². The first-order valence-corrected chi connectivity index (χ1v) is 11.7. The number of benzene rings is 1. The molecule has 2 heterocycles. The molecule has 2 N–H and O–H groups in total. The van der Waals surface area contributed by atoms with Crippen LogP contribution in [-0.4, -0.2) is 35.2 Å². The molecular weight excluding hydrogens is 452 g/mol. The van der Waals surface area contributed by atoms with Crippen molar-refractivity contribution in [3.63, 3.8) is 0 Å². The lowest BCUT2D eigenvalue weighted by atomic mass is 9.83. The van der Waals surface area contributed by atoms with Gasteiger partial charge in [0.1, 0.15) is 5.75 Å². The summed E-state index contributed by atoms with van der Waals surface area (Å²) in [6.45, 7) is 4.75. The first-order valence-electron chi connectivity index (χ1n) is 11.7. The smallest absolute Gasteiger partial charge is 0.356 e. The molecule has 2 aromatic heterocycles. The summed E-state index contributed by atoms with van der Waals surface area (Å²) in [6, 6.07) is 6.70. The normalized spacial score (nSPS) is 17.7. The second-order valence-corrected chi connectivity index (χ2v) is 8.78. The monoisotopic (exact) mass is 480 g/mol. The summed E-state index contributed by atoms with van der Waals surface area (Å²) in [7, 11) is 0. The number of rotatable bonds is 8. The molecule has 1 aliphatic rings. The Morgan fingerprint density at radius 3 is 2.46 bits per heavy atom. The minimum absolute atomic E-state index is 0.0473. The van der Waals surface area contributed by atoms with Crippen molar-refractivity contribution in [1.82, 2.24) is 24.1 Å². The number of hydrogen-bond donors (Lipinski definition) is 2. The van der Waals surface area contributed by atoms with Crippen LogP contribution < -0.4 is 21.4 Å². The van der Waals surface area contributed by atoms with Gasteiger partial charge in [-0.1, -0.05) is 19.8 Å². The van der Waals surface area contributed by atoms with Crippen LogP contribution >= 0.6 is 0 Å². The van der Waals surface area contributed by atoms with E-state index in [0.29, 0.717) is 29.8 Å². The van der Waals surface area contributed by atoms with E-state index < -0.39 is 11.7 Å². The minimum Gasteiger partial charge on any atom is -0.476 e. The maximum Gasteiger partial charge on any atom is 0.356 e. The molecule has 1 aliphatic carbocycles. The summed E-state index contributed by atoms with van der Waals surface area (Å²) in [5, 5.41) is 12.1. The van der Waals surface area contributed by atoms with Crippen LogP contribution in [0.2, 0.25) is 0 Å². The molecule has 1 aromatic carbocycles. The predicted molar refractivity (Wildman–Crippen MR) is 128 cm³/mol. The van der Waals surface area contributed by atoms with Crippen molar-refractivity contribution in [3.8, 4) is 11.6 Å². The van der Waals surface area contributed by atoms with E-state index in [4.69, 9.17) is 9.84 Å². The number of anilines is 2. The molecule has 184 valence electrons. The average Bonchev–Trinajstić information content (AvgIpc) is 2.84. The summed E-state index contributed by atoms with van der Waals surface area (Å²) in [5.41, 5.74) is -0.579. The second kappa shape index (κ2) is 10.5. The third kappa shape index (κ3) is 5.73. The lowest BCUT2D eigenvalue weighted by Gasteiger charge is -2.27. The summed E-state index contributed by atoms with van der Waals surface area (Å²) in [5.74, 6) is 0.515. The Labute approximate surface area is 201 Å². The maximum atomic E-state index is 13.1. The Bertz CT molecular complexity index is 1310. The van der Waals surface area contributed by atoms with Gasteiger partial charge in [-0.05, 0) is 55.9 Å². The fourth-order valence-electron chi connectivity index (χ4n) is 4.19. The molecule has 11 nitrogen and oxygen atoms in total. The lowest BCUT2D eigenvalue weighted by molar-refractivity contribution is 0.0689. The number of nitrogens with zero attached hydrogens (tertiary/aromatic N) is 5. The zero-order valence-electron chi connectivity index (χ0n) is 19.7. The van der Waals surface area contributed by atoms with Crippen LogP contribution in [0.5, 0.6) is 11.6 Å². The van der Waals surface area contributed by atoms with Crippen molar-refractivity contribution < 1.29 is 14.6 Å². The maximum absolute atomic E-state index is 13.1. The van der Waals surface area contributed by atoms with Crippen LogP contribution in [0.1, 0.15) is 50.0 Å². The van der Waals surface area contributed by atoms with Gasteiger partial charge >= 0.3 is 17.3 Å². The molecule has 4 rings (SSSR count). The number of carboxylic acid groups (broad SMARTS) is 1. The largest absolute Gasteiger partial charge is 0.476 e. The number of aromatic carboxylic acids is 1. The van der Waals surface area contributed by atoms with E-state index in [0.717, 1.165) is 36.4 Å². The fraction of sp³-hybridized carbons (Fsp3) is 0.417. The lowest BCUT2D eigenvalue weighted by Crippen LogP contribution is -2.43. The highest BCUT2D eigenvalue weighted by atomic mass is 16.5. The van der Waals surface area contributed by atoms with Crippen molar-refractivity contribution in [1.29, 1.82) is 0 Å². The van der Waals surface area contributed by atoms with Crippen LogP contribution in [0.4, 0.5) is 11.6 Å². The topological polar surface area (TPSA) is 141 Å². The average molecular weight is 481 g/mol. The SMILES string of the molecule is CCn1c(=O)nc(Nc2ccc(Oc3cncc(C(=O)O)n3)cc2)n(CC2CCC(C)CC2)c1=O. The Morgan fingerprint density at radius 1 is 1.09 bits per heavy atom. The molecule has 3 aromatic rings. The van der Waals surface area contributed by atoms with Crippen LogP contribution in [0.25, 0.3) is 0 Å². The number of ether oxygens (including phenoxy) is 1. The molecule has 1 fully saturated rings. The highest BCUT2D eigenvalue weighted by Gasteiger charge is 2.22. The van der Waals surface area contributed by atoms with E-state index in [1.54, 1.807) is 35.8 Å². The van der Waals surface area contributed by atoms with Gasteiger partial charge in [0.15, 0.2) is 5.69 Å². The van der Waals surface area contributed by atoms with Gasteiger partial charge < -0.3 is 15.2 Å². The standard InChI is InChI=1S/C24H28N6O5/c1-3-29-23(33)28-22(30(24(29)34)14-16-6-4-15(2)5-7-16)26-17-8-10-18(11-9-17)35-20-13-25-12-19(27-20)21(31)32/h8-13,15-16H,3-7,14H2,1-2H3,(H,31,32)(H,26,28,33). The van der Waals surface area contributed by atoms with Gasteiger partial charge in [-0.2, -0.15) is 4.98 Å². The molecule has 0 unspecified atom stereocenters. The summed E-state index contributed by atoms with van der Waals surface area (Å²) >= 11 is 0. The number of hydrogen-bond acceptors (Lipinski definition) is 8. The van der Waals surface area contributed by atoms with Gasteiger partial charge in [-0.25, -0.2) is 23.9 Å². The molecule has 0 amide bonds. The van der Waals surface area contributed by atoms with Crippen molar-refractivity contribution in [3.05, 3.63) is 63.3 Å². The molecule has 0 aliphatic heterocycles. The number of carbonyl (C=O) groups is 1. The molecule has 35 heavy (non-hydrogen) atoms. The molecule has 0 saturated heterocycles. The molecule has 0 radical (unpaired) electrons.